The fraction of sp³-hybridized carbons (Fsp3) is 0.467. The molecule has 1 aliphatic heterocycles. The van der Waals surface area contributed by atoms with Crippen LogP contribution in [0.3, 0.4) is 0 Å². The van der Waals surface area contributed by atoms with Gasteiger partial charge in [0.1, 0.15) is 0 Å². The summed E-state index contributed by atoms with van der Waals surface area (Å²) in [6.07, 6.45) is 0.815. The topological polar surface area (TPSA) is 113 Å². The summed E-state index contributed by atoms with van der Waals surface area (Å²) >= 11 is 0. The van der Waals surface area contributed by atoms with Gasteiger partial charge in [-0.3, -0.25) is 19.7 Å². The molecule has 0 saturated carbocycles. The molecule has 0 spiro atoms. The number of hydrogen-bond donors (Lipinski definition) is 2. The van der Waals surface area contributed by atoms with E-state index in [4.69, 9.17) is 5.11 Å². The minimum absolute atomic E-state index is 0. The van der Waals surface area contributed by atoms with E-state index in [0.29, 0.717) is 37.3 Å². The summed E-state index contributed by atoms with van der Waals surface area (Å²) in [6.45, 7) is 3.19. The molecule has 0 aromatic heterocycles. The largest absolute Gasteiger partial charge is 0.481 e. The van der Waals surface area contributed by atoms with Gasteiger partial charge in [-0.2, -0.15) is 0 Å². The smallest absolute Gasteiger partial charge is 0.307 e. The minimum atomic E-state index is -0.802. The Labute approximate surface area is 145 Å². The second kappa shape index (κ2) is 8.60. The van der Waals surface area contributed by atoms with Gasteiger partial charge in [-0.15, -0.1) is 12.4 Å². The molecule has 1 saturated heterocycles. The second-order valence-corrected chi connectivity index (χ2v) is 5.63. The highest BCUT2D eigenvalue weighted by Gasteiger charge is 2.27. The molecule has 1 atom stereocenters. The van der Waals surface area contributed by atoms with Gasteiger partial charge in [-0.1, -0.05) is 6.07 Å². The monoisotopic (exact) mass is 357 g/mol. The Morgan fingerprint density at radius 3 is 2.75 bits per heavy atom. The van der Waals surface area contributed by atoms with Gasteiger partial charge in [0, 0.05) is 25.6 Å². The van der Waals surface area contributed by atoms with Gasteiger partial charge in [-0.05, 0) is 26.0 Å². The van der Waals surface area contributed by atoms with E-state index in [9.17, 15) is 19.7 Å². The number of anilines is 1. The van der Waals surface area contributed by atoms with Crippen LogP contribution in [0.15, 0.2) is 18.2 Å². The van der Waals surface area contributed by atoms with Crippen LogP contribution in [0.1, 0.15) is 18.4 Å². The Bertz CT molecular complexity index is 638. The SMILES string of the molecule is Cc1c(NC(=O)CCN2CCC(C(=O)O)C2)cccc1[N+](=O)[O-].Cl. The molecule has 24 heavy (non-hydrogen) atoms. The average molecular weight is 358 g/mol. The number of amides is 1. The van der Waals surface area contributed by atoms with Crippen molar-refractivity contribution >= 4 is 35.7 Å². The lowest BCUT2D eigenvalue weighted by Crippen LogP contribution is -2.27. The first-order valence-corrected chi connectivity index (χ1v) is 7.37. The molecule has 1 amide bonds. The number of nitrogens with one attached hydrogen (secondary N) is 1. The molecule has 0 bridgehead atoms. The molecule has 0 radical (unpaired) electrons. The third-order valence-electron chi connectivity index (χ3n) is 4.05. The van der Waals surface area contributed by atoms with Crippen molar-refractivity contribution in [2.75, 3.05) is 25.0 Å². The number of carbonyl (C=O) groups excluding carboxylic acids is 1. The molecular formula is C15H20ClN3O5. The summed E-state index contributed by atoms with van der Waals surface area (Å²) in [5.74, 6) is -1.41. The van der Waals surface area contributed by atoms with Crippen LogP contribution < -0.4 is 5.32 Å². The second-order valence-electron chi connectivity index (χ2n) is 5.63. The molecule has 1 heterocycles. The highest BCUT2D eigenvalue weighted by molar-refractivity contribution is 5.92. The van der Waals surface area contributed by atoms with E-state index >= 15 is 0 Å². The van der Waals surface area contributed by atoms with Crippen LogP contribution >= 0.6 is 12.4 Å². The fourth-order valence-corrected chi connectivity index (χ4v) is 2.67. The minimum Gasteiger partial charge on any atom is -0.481 e. The lowest BCUT2D eigenvalue weighted by atomic mass is 10.1. The van der Waals surface area contributed by atoms with Crippen molar-refractivity contribution in [3.8, 4) is 0 Å². The number of nitro groups is 1. The van der Waals surface area contributed by atoms with E-state index in [1.54, 1.807) is 13.0 Å². The van der Waals surface area contributed by atoms with Crippen molar-refractivity contribution < 1.29 is 19.6 Å². The van der Waals surface area contributed by atoms with Crippen LogP contribution in [-0.4, -0.2) is 46.4 Å². The van der Waals surface area contributed by atoms with Gasteiger partial charge in [0.15, 0.2) is 0 Å². The van der Waals surface area contributed by atoms with Gasteiger partial charge in [0.2, 0.25) is 5.91 Å². The maximum absolute atomic E-state index is 12.0. The van der Waals surface area contributed by atoms with Crippen molar-refractivity contribution in [3.05, 3.63) is 33.9 Å². The molecule has 2 rings (SSSR count). The normalized spacial score (nSPS) is 17.1. The maximum Gasteiger partial charge on any atom is 0.307 e. The summed E-state index contributed by atoms with van der Waals surface area (Å²) in [7, 11) is 0. The number of likely N-dealkylation sites (tertiary alicyclic amines) is 1. The Morgan fingerprint density at radius 2 is 2.17 bits per heavy atom. The molecule has 1 aromatic carbocycles. The number of carboxylic acids is 1. The summed E-state index contributed by atoms with van der Waals surface area (Å²) < 4.78 is 0. The summed E-state index contributed by atoms with van der Waals surface area (Å²) in [4.78, 5) is 35.2. The van der Waals surface area contributed by atoms with E-state index < -0.39 is 10.9 Å². The van der Waals surface area contributed by atoms with Crippen molar-refractivity contribution in [1.29, 1.82) is 0 Å². The molecule has 2 N–H and O–H groups in total. The Kier molecular flexibility index (Phi) is 7.12. The van der Waals surface area contributed by atoms with E-state index in [1.807, 2.05) is 4.90 Å². The first-order chi connectivity index (χ1) is 10.9. The number of halogens is 1. The van der Waals surface area contributed by atoms with Crippen molar-refractivity contribution in [1.82, 2.24) is 4.90 Å². The number of nitrogens with zero attached hydrogens (tertiary/aromatic N) is 2. The Balaban J connectivity index is 0.00000288. The summed E-state index contributed by atoms with van der Waals surface area (Å²) in [5, 5.41) is 22.5. The zero-order valence-corrected chi connectivity index (χ0v) is 14.0. The standard InChI is InChI=1S/C15H19N3O5.ClH/c1-10-12(3-2-4-13(10)18(22)23)16-14(19)6-8-17-7-5-11(9-17)15(20)21;/h2-4,11H,5-9H2,1H3,(H,16,19)(H,20,21);1H. The number of aliphatic carboxylic acids is 1. The zero-order chi connectivity index (χ0) is 17.0. The van der Waals surface area contributed by atoms with Gasteiger partial charge in [0.25, 0.3) is 5.69 Å². The number of carbonyl (C=O) groups is 2. The molecule has 132 valence electrons. The van der Waals surface area contributed by atoms with Crippen molar-refractivity contribution in [2.45, 2.75) is 19.8 Å². The third kappa shape index (κ3) is 4.90. The number of carboxylic acid groups (broad SMARTS) is 1. The van der Waals surface area contributed by atoms with Crippen LogP contribution in [0.4, 0.5) is 11.4 Å². The molecule has 0 aliphatic carbocycles. The van der Waals surface area contributed by atoms with Crippen LogP contribution in [0.5, 0.6) is 0 Å². The van der Waals surface area contributed by atoms with Crippen LogP contribution in [0, 0.1) is 23.0 Å². The molecule has 9 heteroatoms. The predicted octanol–water partition coefficient (Wildman–Crippen LogP) is 2.06. The van der Waals surface area contributed by atoms with E-state index in [2.05, 4.69) is 5.32 Å². The lowest BCUT2D eigenvalue weighted by Gasteiger charge is -2.15. The van der Waals surface area contributed by atoms with Crippen LogP contribution in [-0.2, 0) is 9.59 Å². The highest BCUT2D eigenvalue weighted by Crippen LogP contribution is 2.25. The van der Waals surface area contributed by atoms with Gasteiger partial charge in [0.05, 0.1) is 22.1 Å². The first-order valence-electron chi connectivity index (χ1n) is 7.37. The molecule has 1 fully saturated rings. The van der Waals surface area contributed by atoms with Gasteiger partial charge >= 0.3 is 5.97 Å². The van der Waals surface area contributed by atoms with Crippen molar-refractivity contribution in [2.24, 2.45) is 5.92 Å². The van der Waals surface area contributed by atoms with Crippen molar-refractivity contribution in [3.63, 3.8) is 0 Å². The molecule has 1 aliphatic rings. The molecule has 1 aromatic rings. The third-order valence-corrected chi connectivity index (χ3v) is 4.05. The Morgan fingerprint density at radius 1 is 1.46 bits per heavy atom. The average Bonchev–Trinajstić information content (AvgIpc) is 2.96. The van der Waals surface area contributed by atoms with Crippen LogP contribution in [0.25, 0.3) is 0 Å². The van der Waals surface area contributed by atoms with E-state index in [0.717, 1.165) is 0 Å². The zero-order valence-electron chi connectivity index (χ0n) is 13.2. The molecule has 1 unspecified atom stereocenters. The van der Waals surface area contributed by atoms with Gasteiger partial charge < -0.3 is 15.3 Å². The Hall–Kier alpha value is -2.19. The quantitative estimate of drug-likeness (QED) is 0.595. The highest BCUT2D eigenvalue weighted by atomic mass is 35.5. The predicted molar refractivity (Wildman–Crippen MR) is 90.5 cm³/mol. The summed E-state index contributed by atoms with van der Waals surface area (Å²) in [6, 6.07) is 4.54. The number of benzene rings is 1. The number of nitro benzene ring substituents is 1. The van der Waals surface area contributed by atoms with E-state index in [-0.39, 0.29) is 36.3 Å². The maximum atomic E-state index is 12.0. The number of rotatable bonds is 6. The van der Waals surface area contributed by atoms with E-state index in [1.165, 1.54) is 12.1 Å². The lowest BCUT2D eigenvalue weighted by molar-refractivity contribution is -0.385. The number of hydrogen-bond acceptors (Lipinski definition) is 5. The molecular weight excluding hydrogens is 338 g/mol. The summed E-state index contributed by atoms with van der Waals surface area (Å²) in [5.41, 5.74) is 0.804. The molecule has 8 nitrogen and oxygen atoms in total. The van der Waals surface area contributed by atoms with Crippen LogP contribution in [0.2, 0.25) is 0 Å². The van der Waals surface area contributed by atoms with Gasteiger partial charge in [-0.25, -0.2) is 0 Å². The first kappa shape index (κ1) is 19.9. The fourth-order valence-electron chi connectivity index (χ4n) is 2.67.